The van der Waals surface area contributed by atoms with Crippen LogP contribution in [0.15, 0.2) is 28.2 Å². The van der Waals surface area contributed by atoms with Gasteiger partial charge in [0.15, 0.2) is 20.0 Å². The van der Waals surface area contributed by atoms with Crippen LogP contribution in [0.2, 0.25) is 0 Å². The van der Waals surface area contributed by atoms with E-state index in [2.05, 4.69) is 91.6 Å². The highest BCUT2D eigenvalue weighted by Crippen LogP contribution is 2.36. The lowest BCUT2D eigenvalue weighted by atomic mass is 10.5. The fourth-order valence-corrected chi connectivity index (χ4v) is 4.02. The van der Waals surface area contributed by atoms with Crippen molar-refractivity contribution in [1.82, 2.24) is 4.57 Å². The van der Waals surface area contributed by atoms with Crippen molar-refractivity contribution in [3.05, 3.63) is 32.3 Å². The second-order valence-electron chi connectivity index (χ2n) is 5.01. The molecule has 1 atom stereocenters. The third-order valence-electron chi connectivity index (χ3n) is 2.56. The van der Waals surface area contributed by atoms with Crippen molar-refractivity contribution in [2.45, 2.75) is 28.9 Å². The quantitative estimate of drug-likeness (QED) is 0.232. The third-order valence-corrected chi connectivity index (χ3v) is 9.21. The molecule has 0 aliphatic heterocycles. The van der Waals surface area contributed by atoms with Crippen molar-refractivity contribution in [1.29, 1.82) is 0 Å². The number of sulfonamides is 2. The Bertz CT molecular complexity index is 889. The predicted molar refractivity (Wildman–Crippen MR) is 110 cm³/mol. The van der Waals surface area contributed by atoms with E-state index in [1.807, 2.05) is 4.99 Å². The molecule has 1 aromatic rings. The van der Waals surface area contributed by atoms with Crippen LogP contribution >= 0.6 is 63.7 Å². The van der Waals surface area contributed by atoms with E-state index >= 15 is 0 Å². The molecule has 1 heterocycles. The van der Waals surface area contributed by atoms with E-state index in [0.29, 0.717) is 4.83 Å². The van der Waals surface area contributed by atoms with Crippen LogP contribution in [0.25, 0.3) is 4.13 Å². The van der Waals surface area contributed by atoms with Gasteiger partial charge < -0.3 is 4.13 Å². The van der Waals surface area contributed by atoms with E-state index in [-0.39, 0.29) is 0 Å². The van der Waals surface area contributed by atoms with Crippen LogP contribution in [0.4, 0.5) is 26.3 Å². The van der Waals surface area contributed by atoms with Crippen LogP contribution in [0, 0.1) is 0 Å². The van der Waals surface area contributed by atoms with Gasteiger partial charge in [-0.1, -0.05) is 63.7 Å². The topological polar surface area (TPSA) is 91.2 Å². The lowest BCUT2D eigenvalue weighted by Gasteiger charge is -2.22. The maximum Gasteiger partial charge on any atom is 0.480 e. The van der Waals surface area contributed by atoms with Gasteiger partial charge in [0.1, 0.15) is 25.5 Å². The number of aromatic nitrogens is 2. The average molecular weight is 747 g/mol. The minimum absolute atomic E-state index is 0.466. The molecule has 0 amide bonds. The van der Waals surface area contributed by atoms with Gasteiger partial charge >= 0.3 is 11.0 Å². The molecule has 19 heteroatoms. The van der Waals surface area contributed by atoms with Gasteiger partial charge in [0.2, 0.25) is 6.33 Å². The number of allylic oxidation sites excluding steroid dienone is 1. The number of nitrogens with zero attached hydrogens (tertiary/aromatic N) is 3. The van der Waals surface area contributed by atoms with Gasteiger partial charge in [0.25, 0.3) is 0 Å². The van der Waals surface area contributed by atoms with E-state index in [1.165, 1.54) is 0 Å². The van der Waals surface area contributed by atoms with Crippen molar-refractivity contribution < 1.29 is 47.7 Å². The highest BCUT2D eigenvalue weighted by molar-refractivity contribution is 9.14. The average Bonchev–Trinajstić information content (AvgIpc) is 2.99. The van der Waals surface area contributed by atoms with Crippen LogP contribution in [-0.2, 0) is 33.1 Å². The van der Waals surface area contributed by atoms with Crippen molar-refractivity contribution >= 4 is 83.8 Å². The van der Waals surface area contributed by atoms with Gasteiger partial charge in [-0.2, -0.15) is 26.3 Å². The zero-order valence-electron chi connectivity index (χ0n) is 14.1. The van der Waals surface area contributed by atoms with Gasteiger partial charge in [-0.25, -0.2) is 26.0 Å². The molecule has 0 saturated heterocycles. The molecule has 1 rings (SSSR count). The Morgan fingerprint density at radius 3 is 1.93 bits per heavy atom. The van der Waals surface area contributed by atoms with Gasteiger partial charge in [0.05, 0.1) is 4.83 Å². The number of halogens is 10. The SMILES string of the molecule is Br/C=C(/Br)C[n+]1ccn(CC(Br)CBr)c1.O=S(=O)([N-]S(=O)(=O)C(F)(F)F)C(F)(F)F. The fraction of sp³-hybridized carbons (Fsp3) is 0.545. The number of hydrogen-bond donors (Lipinski definition) is 0. The molecule has 1 unspecified atom stereocenters. The molecule has 0 spiro atoms. The molecule has 0 aliphatic rings. The van der Waals surface area contributed by atoms with Crippen molar-refractivity contribution in [3.8, 4) is 0 Å². The van der Waals surface area contributed by atoms with E-state index in [1.54, 1.807) is 0 Å². The van der Waals surface area contributed by atoms with Crippen LogP contribution in [-0.4, -0.2) is 42.6 Å². The summed E-state index contributed by atoms with van der Waals surface area (Å²) in [6, 6.07) is 0. The minimum atomic E-state index is -6.72. The summed E-state index contributed by atoms with van der Waals surface area (Å²) in [6.45, 7) is 1.81. The van der Waals surface area contributed by atoms with Crippen molar-refractivity contribution in [2.24, 2.45) is 0 Å². The first-order valence-corrected chi connectivity index (χ1v) is 13.5. The largest absolute Gasteiger partial charge is 0.480 e. The maximum absolute atomic E-state index is 11.4. The molecule has 1 aromatic heterocycles. The zero-order chi connectivity index (χ0) is 24.0. The smallest absolute Gasteiger partial charge is 0.421 e. The van der Waals surface area contributed by atoms with E-state index in [9.17, 15) is 43.2 Å². The molecular weight excluding hydrogens is 736 g/mol. The maximum atomic E-state index is 11.4. The first kappa shape index (κ1) is 30.3. The van der Waals surface area contributed by atoms with Crippen molar-refractivity contribution in [2.75, 3.05) is 5.33 Å². The van der Waals surface area contributed by atoms with Crippen LogP contribution < -0.4 is 4.57 Å². The summed E-state index contributed by atoms with van der Waals surface area (Å²) in [5.41, 5.74) is -12.4. The van der Waals surface area contributed by atoms with E-state index in [4.69, 9.17) is 0 Å². The molecule has 7 nitrogen and oxygen atoms in total. The molecule has 0 aromatic carbocycles. The lowest BCUT2D eigenvalue weighted by Crippen LogP contribution is -2.31. The van der Waals surface area contributed by atoms with Gasteiger partial charge in [-0.15, -0.1) is 0 Å². The number of hydrogen-bond acceptors (Lipinski definition) is 4. The Labute approximate surface area is 201 Å². The van der Waals surface area contributed by atoms with Gasteiger partial charge in [-0.05, 0) is 4.99 Å². The highest BCUT2D eigenvalue weighted by atomic mass is 79.9. The van der Waals surface area contributed by atoms with Crippen LogP contribution in [0.5, 0.6) is 0 Å². The molecular formula is C11H11Br4F6N3O4S2. The van der Waals surface area contributed by atoms with E-state index < -0.39 is 31.1 Å². The normalized spacial score (nSPS) is 14.8. The highest BCUT2D eigenvalue weighted by Gasteiger charge is 2.46. The Hall–Kier alpha value is 0.310. The second-order valence-corrected chi connectivity index (χ2v) is 11.8. The molecule has 30 heavy (non-hydrogen) atoms. The number of alkyl halides is 8. The summed E-state index contributed by atoms with van der Waals surface area (Å²) in [6.07, 6.45) is 6.23. The Morgan fingerprint density at radius 2 is 1.57 bits per heavy atom. The van der Waals surface area contributed by atoms with Crippen LogP contribution in [0.1, 0.15) is 0 Å². The molecule has 0 bridgehead atoms. The molecule has 0 saturated carbocycles. The predicted octanol–water partition coefficient (Wildman–Crippen LogP) is 4.62. The minimum Gasteiger partial charge on any atom is -0.421 e. The third kappa shape index (κ3) is 10.3. The molecule has 176 valence electrons. The first-order valence-electron chi connectivity index (χ1n) is 6.92. The van der Waals surface area contributed by atoms with Gasteiger partial charge in [-0.3, -0.25) is 0 Å². The summed E-state index contributed by atoms with van der Waals surface area (Å²) >= 11 is 13.8. The Balaban J connectivity index is 0.000000561. The fourth-order valence-electron chi connectivity index (χ4n) is 1.34. The van der Waals surface area contributed by atoms with Crippen molar-refractivity contribution in [3.63, 3.8) is 0 Å². The molecule has 0 N–H and O–H groups in total. The molecule has 0 radical (unpaired) electrons. The molecule has 0 aliphatic carbocycles. The second kappa shape index (κ2) is 12.0. The Morgan fingerprint density at radius 1 is 1.10 bits per heavy atom. The summed E-state index contributed by atoms with van der Waals surface area (Å²) in [5.74, 6) is 0. The zero-order valence-corrected chi connectivity index (χ0v) is 22.1. The molecule has 0 fully saturated rings. The standard InChI is InChI=1S/C9H11Br4N2.C2F6NO4S2/c10-3-8(12)5-14-1-2-15(7-14)6-9(13)4-11;3-1(4,5)14(10,11)9-15(12,13)2(6,7)8/h1-3,7,9H,4-6H2;/q+1;-1/b8-3+;. The summed E-state index contributed by atoms with van der Waals surface area (Å²) < 4.78 is 115. The lowest BCUT2D eigenvalue weighted by molar-refractivity contribution is -0.687. The monoisotopic (exact) mass is 743 g/mol. The Kier molecular flexibility index (Phi) is 12.1. The van der Waals surface area contributed by atoms with Gasteiger partial charge in [0, 0.05) is 9.81 Å². The summed E-state index contributed by atoms with van der Waals surface area (Å²) in [4.78, 5) is 2.34. The first-order chi connectivity index (χ1) is 13.4. The van der Waals surface area contributed by atoms with E-state index in [0.717, 1.165) is 27.0 Å². The summed E-state index contributed by atoms with van der Waals surface area (Å²) in [5, 5.41) is 0.955. The van der Waals surface area contributed by atoms with Crippen LogP contribution in [0.3, 0.4) is 0 Å². The number of rotatable bonds is 7. The number of imidazole rings is 1. The summed E-state index contributed by atoms with van der Waals surface area (Å²) in [7, 11) is -13.4.